The van der Waals surface area contributed by atoms with Crippen molar-refractivity contribution in [2.45, 2.75) is 6.18 Å². The van der Waals surface area contributed by atoms with Gasteiger partial charge in [-0.05, 0) is 0 Å². The average molecular weight is 291 g/mol. The fourth-order valence-corrected chi connectivity index (χ4v) is 1.62. The molecule has 0 aromatic carbocycles. The summed E-state index contributed by atoms with van der Waals surface area (Å²) >= 11 is 5.39. The lowest BCUT2D eigenvalue weighted by atomic mass is 10.7. The minimum atomic E-state index is -4.64. The van der Waals surface area contributed by atoms with E-state index in [1.165, 1.54) is 4.72 Å². The number of nitrogens with one attached hydrogen (secondary N) is 2. The van der Waals surface area contributed by atoms with Crippen molar-refractivity contribution in [2.75, 3.05) is 11.3 Å². The highest BCUT2D eigenvalue weighted by molar-refractivity contribution is 7.90. The molecule has 96 valence electrons. The van der Waals surface area contributed by atoms with Crippen molar-refractivity contribution >= 4 is 27.6 Å². The van der Waals surface area contributed by atoms with Gasteiger partial charge in [0.15, 0.2) is 5.82 Å². The van der Waals surface area contributed by atoms with E-state index in [4.69, 9.17) is 11.6 Å². The molecule has 0 spiro atoms. The summed E-state index contributed by atoms with van der Waals surface area (Å²) in [5.74, 6) is -0.246. The van der Waals surface area contributed by atoms with E-state index in [-0.39, 0.29) is 11.0 Å². The van der Waals surface area contributed by atoms with Crippen molar-refractivity contribution in [2.24, 2.45) is 0 Å². The first-order valence-electron chi connectivity index (χ1n) is 4.00. The quantitative estimate of drug-likeness (QED) is 0.864. The summed E-state index contributed by atoms with van der Waals surface area (Å²) in [6.45, 7) is -1.68. The lowest BCUT2D eigenvalue weighted by Crippen LogP contribution is -2.37. The second kappa shape index (κ2) is 5.02. The van der Waals surface area contributed by atoms with Crippen LogP contribution in [0.4, 0.5) is 19.0 Å². The Bertz CT molecular complexity index is 475. The number of rotatable bonds is 4. The highest BCUT2D eigenvalue weighted by Gasteiger charge is 2.29. The highest BCUT2D eigenvalue weighted by Crippen LogP contribution is 2.13. The Morgan fingerprint density at radius 3 is 2.41 bits per heavy atom. The predicted molar refractivity (Wildman–Crippen MR) is 53.6 cm³/mol. The van der Waals surface area contributed by atoms with Gasteiger partial charge in [0.1, 0.15) is 11.7 Å². The van der Waals surface area contributed by atoms with E-state index in [1.54, 1.807) is 4.72 Å². The van der Waals surface area contributed by atoms with Gasteiger partial charge in [-0.25, -0.2) is 9.97 Å². The van der Waals surface area contributed by atoms with Crippen LogP contribution in [0.5, 0.6) is 0 Å². The van der Waals surface area contributed by atoms with Crippen LogP contribution in [0.3, 0.4) is 0 Å². The molecule has 0 fully saturated rings. The molecule has 1 aromatic heterocycles. The fraction of sp³-hybridized carbons (Fsp3) is 0.333. The van der Waals surface area contributed by atoms with Gasteiger partial charge >= 0.3 is 16.4 Å². The Morgan fingerprint density at radius 1 is 1.29 bits per heavy atom. The van der Waals surface area contributed by atoms with E-state index >= 15 is 0 Å². The van der Waals surface area contributed by atoms with Gasteiger partial charge in [0.2, 0.25) is 0 Å². The van der Waals surface area contributed by atoms with Gasteiger partial charge in [0, 0.05) is 0 Å². The summed E-state index contributed by atoms with van der Waals surface area (Å²) < 4.78 is 60.6. The van der Waals surface area contributed by atoms with Gasteiger partial charge in [0.25, 0.3) is 0 Å². The first-order chi connectivity index (χ1) is 7.68. The highest BCUT2D eigenvalue weighted by atomic mass is 35.5. The molecule has 1 rings (SSSR count). The number of anilines is 1. The second-order valence-corrected chi connectivity index (χ2v) is 4.65. The first kappa shape index (κ1) is 13.9. The van der Waals surface area contributed by atoms with Crippen molar-refractivity contribution in [1.82, 2.24) is 14.7 Å². The largest absolute Gasteiger partial charge is 0.402 e. The molecule has 0 atom stereocenters. The zero-order valence-corrected chi connectivity index (χ0v) is 9.57. The van der Waals surface area contributed by atoms with Crippen LogP contribution < -0.4 is 9.44 Å². The van der Waals surface area contributed by atoms with Gasteiger partial charge in [-0.2, -0.15) is 26.3 Å². The van der Waals surface area contributed by atoms with Crippen molar-refractivity contribution < 1.29 is 21.6 Å². The van der Waals surface area contributed by atoms with Crippen LogP contribution in [0.2, 0.25) is 5.15 Å². The number of hydrogen-bond donors (Lipinski definition) is 2. The zero-order chi connectivity index (χ0) is 13.1. The maximum absolute atomic E-state index is 11.8. The molecule has 17 heavy (non-hydrogen) atoms. The number of hydrogen-bond acceptors (Lipinski definition) is 4. The van der Waals surface area contributed by atoms with Crippen LogP contribution in [-0.2, 0) is 10.2 Å². The van der Waals surface area contributed by atoms with Crippen molar-refractivity contribution in [3.63, 3.8) is 0 Å². The molecular weight excluding hydrogens is 285 g/mol. The molecule has 1 heterocycles. The van der Waals surface area contributed by atoms with Gasteiger partial charge in [0.05, 0.1) is 12.4 Å². The summed E-state index contributed by atoms with van der Waals surface area (Å²) in [5, 5.41) is 0.0243. The van der Waals surface area contributed by atoms with Gasteiger partial charge in [-0.15, -0.1) is 0 Å². The summed E-state index contributed by atoms with van der Waals surface area (Å²) in [5.41, 5.74) is 0. The Balaban J connectivity index is 2.64. The maximum Gasteiger partial charge on any atom is 0.402 e. The van der Waals surface area contributed by atoms with Gasteiger partial charge < -0.3 is 0 Å². The Morgan fingerprint density at radius 2 is 1.94 bits per heavy atom. The zero-order valence-electron chi connectivity index (χ0n) is 7.99. The third kappa shape index (κ3) is 5.65. The molecule has 0 radical (unpaired) electrons. The molecule has 0 saturated carbocycles. The van der Waals surface area contributed by atoms with E-state index in [0.717, 1.165) is 12.4 Å². The third-order valence-electron chi connectivity index (χ3n) is 1.32. The molecule has 11 heteroatoms. The standard InChI is InChI=1S/C6H6ClF3N4O2S/c7-4-1-12-5(2-11-4)14-17(15,16)13-3-6(8,9)10/h1-2,13H,3H2,(H,12,14). The monoisotopic (exact) mass is 290 g/mol. The normalized spacial score (nSPS) is 12.5. The Kier molecular flexibility index (Phi) is 4.11. The fourth-order valence-electron chi connectivity index (χ4n) is 0.716. The SMILES string of the molecule is O=S(=O)(NCC(F)(F)F)Nc1cnc(Cl)cn1. The summed E-state index contributed by atoms with van der Waals surface area (Å²) in [6, 6.07) is 0. The average Bonchev–Trinajstić information content (AvgIpc) is 2.18. The molecule has 0 aliphatic rings. The molecular formula is C6H6ClF3N4O2S. The van der Waals surface area contributed by atoms with Crippen LogP contribution in [-0.4, -0.2) is 31.1 Å². The minimum absolute atomic E-state index is 0.0243. The van der Waals surface area contributed by atoms with E-state index in [0.29, 0.717) is 0 Å². The summed E-state index contributed by atoms with van der Waals surface area (Å²) in [4.78, 5) is 7.00. The van der Waals surface area contributed by atoms with Crippen LogP contribution in [0, 0.1) is 0 Å². The Labute approximate surface area is 99.4 Å². The van der Waals surface area contributed by atoms with Crippen LogP contribution >= 0.6 is 11.6 Å². The molecule has 0 aliphatic heterocycles. The number of halogens is 4. The first-order valence-corrected chi connectivity index (χ1v) is 5.86. The van der Waals surface area contributed by atoms with Crippen LogP contribution in [0.15, 0.2) is 12.4 Å². The van der Waals surface area contributed by atoms with Gasteiger partial charge in [-0.3, -0.25) is 4.72 Å². The van der Waals surface area contributed by atoms with E-state index < -0.39 is 22.9 Å². The van der Waals surface area contributed by atoms with Crippen molar-refractivity contribution in [3.05, 3.63) is 17.5 Å². The summed E-state index contributed by atoms with van der Waals surface area (Å²) in [7, 11) is -4.35. The van der Waals surface area contributed by atoms with E-state index in [2.05, 4.69) is 9.97 Å². The molecule has 6 nitrogen and oxygen atoms in total. The molecule has 0 bridgehead atoms. The van der Waals surface area contributed by atoms with Crippen LogP contribution in [0.1, 0.15) is 0 Å². The summed E-state index contributed by atoms with van der Waals surface area (Å²) in [6.07, 6.45) is -2.63. The Hall–Kier alpha value is -1.13. The minimum Gasteiger partial charge on any atom is -0.253 e. The molecule has 0 aliphatic carbocycles. The number of aromatic nitrogens is 2. The number of nitrogens with zero attached hydrogens (tertiary/aromatic N) is 2. The van der Waals surface area contributed by atoms with E-state index in [1.807, 2.05) is 0 Å². The third-order valence-corrected chi connectivity index (χ3v) is 2.52. The van der Waals surface area contributed by atoms with Crippen molar-refractivity contribution in [3.8, 4) is 0 Å². The molecule has 0 unspecified atom stereocenters. The second-order valence-electron chi connectivity index (χ2n) is 2.77. The lowest BCUT2D eigenvalue weighted by Gasteiger charge is -2.10. The molecule has 0 saturated heterocycles. The number of alkyl halides is 3. The molecule has 1 aromatic rings. The topological polar surface area (TPSA) is 84.0 Å². The lowest BCUT2D eigenvalue weighted by molar-refractivity contribution is -0.121. The van der Waals surface area contributed by atoms with E-state index in [9.17, 15) is 21.6 Å². The smallest absolute Gasteiger partial charge is 0.253 e. The van der Waals surface area contributed by atoms with Crippen molar-refractivity contribution in [1.29, 1.82) is 0 Å². The molecule has 0 amide bonds. The van der Waals surface area contributed by atoms with Gasteiger partial charge in [-0.1, -0.05) is 11.6 Å². The maximum atomic E-state index is 11.8. The molecule has 2 N–H and O–H groups in total. The predicted octanol–water partition coefficient (Wildman–Crippen LogP) is 0.939. The van der Waals surface area contributed by atoms with Crippen LogP contribution in [0.25, 0.3) is 0 Å².